The molecule has 0 aliphatic rings. The molecular weight excluding hydrogens is 462 g/mol. The van der Waals surface area contributed by atoms with Gasteiger partial charge in [-0.3, -0.25) is 19.1 Å². The van der Waals surface area contributed by atoms with Crippen LogP contribution < -0.4 is 10.9 Å². The standard InChI is InChI=1S/C30H21N5O2/c36-29(23-13-12-21-7-1-2-8-22(21)17-23)33-24-9-3-10-25(18-24)35-28-26(11-5-15-32-28)34-27(30(35)37)16-20-6-4-14-31-19-20/h1-15,17-19H,16H2,(H,33,36). The number of nitrogens with zero attached hydrogens (tertiary/aromatic N) is 4. The fraction of sp³-hybridized carbons (Fsp3) is 0.0333. The molecule has 0 atom stereocenters. The first-order chi connectivity index (χ1) is 18.2. The van der Waals surface area contributed by atoms with Gasteiger partial charge in [-0.25, -0.2) is 9.97 Å². The van der Waals surface area contributed by atoms with E-state index in [4.69, 9.17) is 0 Å². The molecule has 178 valence electrons. The van der Waals surface area contributed by atoms with E-state index in [2.05, 4.69) is 20.3 Å². The summed E-state index contributed by atoms with van der Waals surface area (Å²) < 4.78 is 1.54. The lowest BCUT2D eigenvalue weighted by atomic mass is 10.1. The highest BCUT2D eigenvalue weighted by Gasteiger charge is 2.15. The molecule has 0 aliphatic carbocycles. The van der Waals surface area contributed by atoms with E-state index in [1.54, 1.807) is 53.5 Å². The van der Waals surface area contributed by atoms with E-state index in [0.717, 1.165) is 16.3 Å². The normalized spacial score (nSPS) is 11.0. The predicted molar refractivity (Wildman–Crippen MR) is 144 cm³/mol. The molecule has 0 bridgehead atoms. The number of hydrogen-bond acceptors (Lipinski definition) is 5. The second kappa shape index (κ2) is 9.47. The van der Waals surface area contributed by atoms with E-state index in [-0.39, 0.29) is 11.5 Å². The van der Waals surface area contributed by atoms with Gasteiger partial charge >= 0.3 is 0 Å². The Morgan fingerprint density at radius 2 is 1.70 bits per heavy atom. The van der Waals surface area contributed by atoms with Crippen molar-refractivity contribution in [1.82, 2.24) is 19.5 Å². The molecule has 7 nitrogen and oxygen atoms in total. The molecule has 0 saturated carbocycles. The number of hydrogen-bond donors (Lipinski definition) is 1. The Morgan fingerprint density at radius 3 is 2.57 bits per heavy atom. The average molecular weight is 484 g/mol. The molecular formula is C30H21N5O2. The zero-order valence-electron chi connectivity index (χ0n) is 19.7. The Bertz CT molecular complexity index is 1830. The van der Waals surface area contributed by atoms with Crippen LogP contribution >= 0.6 is 0 Å². The molecule has 0 radical (unpaired) electrons. The Labute approximate surface area is 212 Å². The second-order valence-electron chi connectivity index (χ2n) is 8.65. The minimum atomic E-state index is -0.270. The molecule has 6 aromatic rings. The van der Waals surface area contributed by atoms with Crippen LogP contribution in [0.3, 0.4) is 0 Å². The van der Waals surface area contributed by atoms with Crippen LogP contribution in [0.2, 0.25) is 0 Å². The van der Waals surface area contributed by atoms with Crippen LogP contribution in [0.4, 0.5) is 5.69 Å². The first-order valence-electron chi connectivity index (χ1n) is 11.8. The highest BCUT2D eigenvalue weighted by molar-refractivity contribution is 6.06. The van der Waals surface area contributed by atoms with Crippen molar-refractivity contribution in [3.05, 3.63) is 137 Å². The monoisotopic (exact) mass is 483 g/mol. The minimum absolute atomic E-state index is 0.231. The van der Waals surface area contributed by atoms with Crippen molar-refractivity contribution < 1.29 is 4.79 Å². The fourth-order valence-electron chi connectivity index (χ4n) is 4.37. The highest BCUT2D eigenvalue weighted by Crippen LogP contribution is 2.20. The molecule has 0 unspecified atom stereocenters. The van der Waals surface area contributed by atoms with Gasteiger partial charge in [0, 0.05) is 36.3 Å². The van der Waals surface area contributed by atoms with E-state index in [1.165, 1.54) is 0 Å². The number of anilines is 1. The Kier molecular flexibility index (Phi) is 5.71. The third kappa shape index (κ3) is 4.46. The average Bonchev–Trinajstić information content (AvgIpc) is 2.94. The maximum Gasteiger partial charge on any atom is 0.278 e. The third-order valence-corrected chi connectivity index (χ3v) is 6.15. The van der Waals surface area contributed by atoms with Gasteiger partial charge in [-0.15, -0.1) is 0 Å². The van der Waals surface area contributed by atoms with Crippen LogP contribution in [0.25, 0.3) is 27.6 Å². The molecule has 0 fully saturated rings. The molecule has 3 aromatic carbocycles. The summed E-state index contributed by atoms with van der Waals surface area (Å²) in [6.07, 6.45) is 5.39. The Morgan fingerprint density at radius 1 is 0.838 bits per heavy atom. The number of benzene rings is 3. The van der Waals surface area contributed by atoms with Crippen molar-refractivity contribution in [3.63, 3.8) is 0 Å². The number of carbonyl (C=O) groups is 1. The van der Waals surface area contributed by atoms with Crippen molar-refractivity contribution in [1.29, 1.82) is 0 Å². The van der Waals surface area contributed by atoms with Crippen molar-refractivity contribution in [3.8, 4) is 5.69 Å². The van der Waals surface area contributed by atoms with Crippen LogP contribution in [0.5, 0.6) is 0 Å². The van der Waals surface area contributed by atoms with Crippen LogP contribution in [0.15, 0.2) is 114 Å². The van der Waals surface area contributed by atoms with Crippen molar-refractivity contribution in [2.24, 2.45) is 0 Å². The van der Waals surface area contributed by atoms with Crippen molar-refractivity contribution in [2.75, 3.05) is 5.32 Å². The second-order valence-corrected chi connectivity index (χ2v) is 8.65. The molecule has 1 N–H and O–H groups in total. The molecule has 1 amide bonds. The quantitative estimate of drug-likeness (QED) is 0.365. The van der Waals surface area contributed by atoms with Gasteiger partial charge in [0.2, 0.25) is 0 Å². The molecule has 0 aliphatic heterocycles. The zero-order valence-corrected chi connectivity index (χ0v) is 19.7. The molecule has 7 heteroatoms. The van der Waals surface area contributed by atoms with Crippen LogP contribution in [0.1, 0.15) is 21.6 Å². The van der Waals surface area contributed by atoms with Gasteiger partial charge in [-0.1, -0.05) is 42.5 Å². The lowest BCUT2D eigenvalue weighted by Gasteiger charge is -2.13. The van der Waals surface area contributed by atoms with Crippen LogP contribution in [-0.4, -0.2) is 25.4 Å². The number of rotatable bonds is 5. The van der Waals surface area contributed by atoms with Crippen molar-refractivity contribution >= 4 is 33.5 Å². The van der Waals surface area contributed by atoms with Gasteiger partial charge in [0.1, 0.15) is 11.2 Å². The summed E-state index contributed by atoms with van der Waals surface area (Å²) in [5.41, 5.74) is 3.76. The SMILES string of the molecule is O=C(Nc1cccc(-n2c(=O)c(Cc3cccnc3)nc3cccnc32)c1)c1ccc2ccccc2c1. The first kappa shape index (κ1) is 22.3. The van der Waals surface area contributed by atoms with Gasteiger partial charge in [0.25, 0.3) is 11.5 Å². The molecule has 6 rings (SSSR count). The van der Waals surface area contributed by atoms with Crippen molar-refractivity contribution in [2.45, 2.75) is 6.42 Å². The van der Waals surface area contributed by atoms with Crippen LogP contribution in [0, 0.1) is 0 Å². The summed E-state index contributed by atoms with van der Waals surface area (Å²) in [5.74, 6) is -0.231. The van der Waals surface area contributed by atoms with E-state index in [0.29, 0.717) is 40.2 Å². The maximum absolute atomic E-state index is 13.6. The maximum atomic E-state index is 13.6. The first-order valence-corrected chi connectivity index (χ1v) is 11.8. The Balaban J connectivity index is 1.38. The van der Waals surface area contributed by atoms with Gasteiger partial charge in [-0.2, -0.15) is 0 Å². The van der Waals surface area contributed by atoms with Gasteiger partial charge in [0.05, 0.1) is 5.69 Å². The highest BCUT2D eigenvalue weighted by atomic mass is 16.1. The number of fused-ring (bicyclic) bond motifs is 2. The number of nitrogens with one attached hydrogen (secondary N) is 1. The van der Waals surface area contributed by atoms with E-state index >= 15 is 0 Å². The van der Waals surface area contributed by atoms with Crippen LogP contribution in [-0.2, 0) is 6.42 Å². The summed E-state index contributed by atoms with van der Waals surface area (Å²) in [7, 11) is 0. The number of pyridine rings is 2. The molecule has 3 aromatic heterocycles. The Hall–Kier alpha value is -5.17. The summed E-state index contributed by atoms with van der Waals surface area (Å²) in [6.45, 7) is 0. The number of aromatic nitrogens is 4. The zero-order chi connectivity index (χ0) is 25.2. The van der Waals surface area contributed by atoms with E-state index in [9.17, 15) is 9.59 Å². The van der Waals surface area contributed by atoms with Gasteiger partial charge in [-0.05, 0) is 64.9 Å². The fourth-order valence-corrected chi connectivity index (χ4v) is 4.37. The molecule has 37 heavy (non-hydrogen) atoms. The molecule has 3 heterocycles. The van der Waals surface area contributed by atoms with Gasteiger partial charge in [0.15, 0.2) is 5.65 Å². The minimum Gasteiger partial charge on any atom is -0.322 e. The smallest absolute Gasteiger partial charge is 0.278 e. The summed E-state index contributed by atoms with van der Waals surface area (Å²) in [4.78, 5) is 39.8. The lowest BCUT2D eigenvalue weighted by Crippen LogP contribution is -2.25. The predicted octanol–water partition coefficient (Wildman–Crippen LogP) is 5.17. The van der Waals surface area contributed by atoms with E-state index < -0.39 is 0 Å². The number of amides is 1. The number of carbonyl (C=O) groups excluding carboxylic acids is 1. The largest absolute Gasteiger partial charge is 0.322 e. The summed E-state index contributed by atoms with van der Waals surface area (Å²) in [6, 6.07) is 28.0. The lowest BCUT2D eigenvalue weighted by molar-refractivity contribution is 0.102. The topological polar surface area (TPSA) is 89.8 Å². The summed E-state index contributed by atoms with van der Waals surface area (Å²) >= 11 is 0. The van der Waals surface area contributed by atoms with Gasteiger partial charge < -0.3 is 5.32 Å². The van der Waals surface area contributed by atoms with E-state index in [1.807, 2.05) is 60.7 Å². The molecule has 0 spiro atoms. The summed E-state index contributed by atoms with van der Waals surface area (Å²) in [5, 5.41) is 5.02. The third-order valence-electron chi connectivity index (χ3n) is 6.15. The molecule has 0 saturated heterocycles.